The number of aliphatic hydroxyl groups is 2. The van der Waals surface area contributed by atoms with Crippen LogP contribution in [0.15, 0.2) is 60.2 Å². The van der Waals surface area contributed by atoms with Crippen molar-refractivity contribution in [1.82, 2.24) is 0 Å². The Morgan fingerprint density at radius 1 is 1.08 bits per heavy atom. The first kappa shape index (κ1) is 35.2. The van der Waals surface area contributed by atoms with Gasteiger partial charge in [0.2, 0.25) is 0 Å². The lowest BCUT2D eigenvalue weighted by Gasteiger charge is -2.59. The topological polar surface area (TPSA) is 141 Å². The molecule has 2 aromatic carbocycles. The Kier molecular flexibility index (Phi) is 8.37. The van der Waals surface area contributed by atoms with E-state index in [9.17, 15) is 24.6 Å². The fraction of sp³-hybridized carbons (Fsp3) is 0.548. The number of Topliss-reactive ketones (excluding diaryl/α,β-unsaturated/α-hetero) is 1. The van der Waals surface area contributed by atoms with Crippen LogP contribution in [0.1, 0.15) is 88.8 Å². The smallest absolute Gasteiger partial charge is 0.412 e. The maximum atomic E-state index is 13.9. The number of ketones is 2. The molecule has 2 heterocycles. The minimum atomic E-state index is -1.40. The van der Waals surface area contributed by atoms with Gasteiger partial charge in [-0.1, -0.05) is 55.8 Å². The van der Waals surface area contributed by atoms with E-state index < -0.39 is 59.0 Å². The molecule has 8 rings (SSSR count). The van der Waals surface area contributed by atoms with Crippen LogP contribution in [0.3, 0.4) is 0 Å². The molecule has 3 N–H and O–H groups in total. The van der Waals surface area contributed by atoms with Crippen LogP contribution >= 0.6 is 0 Å². The monoisotopic (exact) mass is 711 g/mol. The van der Waals surface area contributed by atoms with E-state index in [0.717, 1.165) is 47.1 Å². The summed E-state index contributed by atoms with van der Waals surface area (Å²) in [5, 5.41) is 25.1. The third-order valence-corrected chi connectivity index (χ3v) is 13.0. The molecule has 1 amide bonds. The first-order chi connectivity index (χ1) is 24.7. The second-order valence-corrected chi connectivity index (χ2v) is 17.1. The van der Waals surface area contributed by atoms with Crippen LogP contribution in [-0.2, 0) is 36.6 Å². The number of nitrogens with one attached hydrogen (secondary N) is 1. The lowest BCUT2D eigenvalue weighted by Crippen LogP contribution is -2.63. The number of carbonyl (C=O) groups excluding carboxylic acids is 3. The Morgan fingerprint density at radius 3 is 2.58 bits per heavy atom. The van der Waals surface area contributed by atoms with Gasteiger partial charge in [0, 0.05) is 34.3 Å². The van der Waals surface area contributed by atoms with Gasteiger partial charge in [0.15, 0.2) is 23.5 Å². The van der Waals surface area contributed by atoms with Gasteiger partial charge in [-0.25, -0.2) is 4.79 Å². The predicted octanol–water partition coefficient (Wildman–Crippen LogP) is 6.16. The molecule has 0 radical (unpaired) electrons. The largest absolute Gasteiger partial charge is 0.491 e. The molecule has 4 aliphatic carbocycles. The number of fused-ring (bicyclic) bond motifs is 8. The predicted molar refractivity (Wildman–Crippen MR) is 192 cm³/mol. The zero-order valence-corrected chi connectivity index (χ0v) is 30.6. The number of amides is 1. The van der Waals surface area contributed by atoms with Crippen molar-refractivity contribution in [2.75, 3.05) is 18.5 Å². The molecule has 2 aromatic rings. The summed E-state index contributed by atoms with van der Waals surface area (Å²) < 4.78 is 24.8. The highest BCUT2D eigenvalue weighted by Gasteiger charge is 2.75. The van der Waals surface area contributed by atoms with Crippen molar-refractivity contribution in [3.63, 3.8) is 0 Å². The summed E-state index contributed by atoms with van der Waals surface area (Å²) in [7, 11) is 0. The van der Waals surface area contributed by atoms with Crippen molar-refractivity contribution in [1.29, 1.82) is 0 Å². The van der Waals surface area contributed by atoms with Crippen LogP contribution in [-0.4, -0.2) is 64.5 Å². The third-order valence-electron chi connectivity index (χ3n) is 13.0. The Labute approximate surface area is 304 Å². The van der Waals surface area contributed by atoms with E-state index in [1.165, 1.54) is 0 Å². The van der Waals surface area contributed by atoms with E-state index in [0.29, 0.717) is 37.3 Å². The van der Waals surface area contributed by atoms with E-state index >= 15 is 0 Å². The van der Waals surface area contributed by atoms with Crippen LogP contribution in [0, 0.1) is 28.6 Å². The van der Waals surface area contributed by atoms with Crippen LogP contribution in [0.2, 0.25) is 0 Å². The molecule has 3 saturated carbocycles. The Balaban J connectivity index is 1.01. The second kappa shape index (κ2) is 12.4. The van der Waals surface area contributed by atoms with Gasteiger partial charge in [-0.15, -0.1) is 0 Å². The zero-order chi connectivity index (χ0) is 36.8. The average Bonchev–Trinajstić information content (AvgIpc) is 3.79. The molecule has 52 heavy (non-hydrogen) atoms. The molecule has 6 aliphatic rings. The summed E-state index contributed by atoms with van der Waals surface area (Å²) in [6, 6.07) is 11.8. The van der Waals surface area contributed by atoms with Gasteiger partial charge in [0.05, 0.1) is 24.5 Å². The van der Waals surface area contributed by atoms with Gasteiger partial charge in [-0.2, -0.15) is 0 Å². The highest BCUT2D eigenvalue weighted by molar-refractivity contribution is 6.01. The molecule has 10 nitrogen and oxygen atoms in total. The van der Waals surface area contributed by atoms with Crippen LogP contribution < -0.4 is 10.1 Å². The van der Waals surface area contributed by atoms with Crippen molar-refractivity contribution in [2.45, 2.75) is 103 Å². The van der Waals surface area contributed by atoms with E-state index in [2.05, 4.69) is 12.2 Å². The van der Waals surface area contributed by atoms with E-state index in [4.69, 9.17) is 18.9 Å². The van der Waals surface area contributed by atoms with Gasteiger partial charge >= 0.3 is 6.09 Å². The van der Waals surface area contributed by atoms with Crippen LogP contribution in [0.5, 0.6) is 5.75 Å². The van der Waals surface area contributed by atoms with Gasteiger partial charge in [-0.3, -0.25) is 14.9 Å². The highest BCUT2D eigenvalue weighted by atomic mass is 16.7. The minimum absolute atomic E-state index is 0.00807. The highest BCUT2D eigenvalue weighted by Crippen LogP contribution is 2.70. The van der Waals surface area contributed by atoms with Crippen molar-refractivity contribution in [3.8, 4) is 5.75 Å². The molecule has 0 bridgehead atoms. The van der Waals surface area contributed by atoms with Crippen molar-refractivity contribution in [2.24, 2.45) is 28.6 Å². The number of benzene rings is 2. The maximum absolute atomic E-state index is 13.9. The number of hydrogen-bond acceptors (Lipinski definition) is 9. The molecule has 0 spiro atoms. The summed E-state index contributed by atoms with van der Waals surface area (Å²) in [5.74, 6) is 0.300. The molecule has 4 fully saturated rings. The zero-order valence-electron chi connectivity index (χ0n) is 30.6. The average molecular weight is 712 g/mol. The molecular formula is C42H49NO9. The van der Waals surface area contributed by atoms with Crippen LogP contribution in [0.25, 0.3) is 0 Å². The standard InChI is InChI=1S/C42H49NO9/c1-39(2,3)52-38(48)43-31-13-10-25(28-15-17-49-36(28)31)18-23-6-8-24(9-7-23)37-50-34-20-30-29-12-11-26-19-27(45)14-16-40(26,4)35(29)32(46)21-41(30,5)42(34,51-37)33(47)22-44/h6-10,13-14,16,19,29-30,32,34-35,37,44,46H,11-12,15,17-18,20-22H2,1-5H3,(H,43,48)/t29-,30-,32-,34+,35+,37+,40-,41-,42+/m0/s1. The fourth-order valence-electron chi connectivity index (χ4n) is 10.9. The molecular weight excluding hydrogens is 662 g/mol. The summed E-state index contributed by atoms with van der Waals surface area (Å²) in [4.78, 5) is 38.6. The first-order valence-electron chi connectivity index (χ1n) is 18.6. The number of aliphatic hydroxyl groups excluding tert-OH is 2. The fourth-order valence-corrected chi connectivity index (χ4v) is 10.9. The quantitative estimate of drug-likeness (QED) is 0.321. The molecule has 2 aliphatic heterocycles. The summed E-state index contributed by atoms with van der Waals surface area (Å²) in [6.45, 7) is 9.50. The number of anilines is 1. The van der Waals surface area contributed by atoms with E-state index in [1.54, 1.807) is 12.2 Å². The normalized spacial score (nSPS) is 35.8. The number of rotatable bonds is 6. The van der Waals surface area contributed by atoms with Gasteiger partial charge < -0.3 is 29.2 Å². The van der Waals surface area contributed by atoms with E-state index in [-0.39, 0.29) is 23.5 Å². The van der Waals surface area contributed by atoms with Gasteiger partial charge in [0.1, 0.15) is 18.0 Å². The Hall–Kier alpha value is -3.83. The molecule has 0 aromatic heterocycles. The second-order valence-electron chi connectivity index (χ2n) is 17.1. The summed E-state index contributed by atoms with van der Waals surface area (Å²) in [6.07, 6.45) is 6.60. The number of carbonyl (C=O) groups is 3. The molecule has 0 unspecified atom stereocenters. The Morgan fingerprint density at radius 2 is 1.85 bits per heavy atom. The van der Waals surface area contributed by atoms with Crippen molar-refractivity contribution in [3.05, 3.63) is 82.5 Å². The number of ether oxygens (including phenoxy) is 4. The number of allylic oxidation sites excluding steroid dienone is 4. The minimum Gasteiger partial charge on any atom is -0.491 e. The first-order valence-corrected chi connectivity index (χ1v) is 18.6. The van der Waals surface area contributed by atoms with Gasteiger partial charge in [0.25, 0.3) is 0 Å². The van der Waals surface area contributed by atoms with Crippen molar-refractivity contribution < 1.29 is 43.5 Å². The molecule has 10 heteroatoms. The molecule has 1 saturated heterocycles. The van der Waals surface area contributed by atoms with E-state index in [1.807, 2.05) is 70.2 Å². The molecule has 9 atom stereocenters. The summed E-state index contributed by atoms with van der Waals surface area (Å²) in [5.41, 5.74) is 2.47. The van der Waals surface area contributed by atoms with Crippen molar-refractivity contribution >= 4 is 23.3 Å². The molecule has 276 valence electrons. The van der Waals surface area contributed by atoms with Gasteiger partial charge in [-0.05, 0) is 94.1 Å². The Bertz CT molecular complexity index is 1880. The lowest BCUT2D eigenvalue weighted by molar-refractivity contribution is -0.201. The third kappa shape index (κ3) is 5.39. The number of hydrogen-bond donors (Lipinski definition) is 3. The maximum Gasteiger partial charge on any atom is 0.412 e. The summed E-state index contributed by atoms with van der Waals surface area (Å²) >= 11 is 0. The SMILES string of the molecule is CC(C)(C)OC(=O)Nc1ccc(Cc2ccc([C@@H]3O[C@@H]4C[C@H]5[C@@H]6CCC7=CC(=O)C=C[C@]7(C)[C@H]6[C@@H](O)C[C@]5(C)[C@]4(C(=O)CO)O3)cc2)c2c1OCC2. The lowest BCUT2D eigenvalue weighted by atomic mass is 9.46. The van der Waals surface area contributed by atoms with Crippen LogP contribution in [0.4, 0.5) is 10.5 Å².